The maximum Gasteiger partial charge on any atom is 0.265 e. The van der Waals surface area contributed by atoms with E-state index in [0.717, 1.165) is 0 Å². The number of nitriles is 1. The molecule has 0 spiro atoms. The smallest absolute Gasteiger partial charge is 0.265 e. The third kappa shape index (κ3) is 2.89. The van der Waals surface area contributed by atoms with Gasteiger partial charge in [-0.25, -0.2) is 13.4 Å². The standard InChI is InChI=1S/C12H9BrN4O2S/c13-9-3-4-10(8(6-9)7-14)17-20(18,19)11-2-1-5-16-12(11)15/h1-6,17H,(H2,15,16). The average molecular weight is 353 g/mol. The predicted octanol–water partition coefficient (Wildman–Crippen LogP) is 2.10. The third-order valence-electron chi connectivity index (χ3n) is 2.44. The zero-order chi connectivity index (χ0) is 14.8. The van der Waals surface area contributed by atoms with Crippen molar-refractivity contribution in [2.45, 2.75) is 4.90 Å². The van der Waals surface area contributed by atoms with Gasteiger partial charge in [-0.3, -0.25) is 4.72 Å². The molecule has 1 aromatic carbocycles. The number of sulfonamides is 1. The summed E-state index contributed by atoms with van der Waals surface area (Å²) in [5.74, 6) is -0.101. The van der Waals surface area contributed by atoms with Gasteiger partial charge in [0.05, 0.1) is 11.3 Å². The lowest BCUT2D eigenvalue weighted by Crippen LogP contribution is -2.16. The highest BCUT2D eigenvalue weighted by atomic mass is 79.9. The van der Waals surface area contributed by atoms with Crippen molar-refractivity contribution in [3.8, 4) is 6.07 Å². The SMILES string of the molecule is N#Cc1cc(Br)ccc1NS(=O)(=O)c1cccnc1N. The Kier molecular flexibility index (Phi) is 3.92. The molecule has 0 amide bonds. The Morgan fingerprint density at radius 2 is 2.10 bits per heavy atom. The van der Waals surface area contributed by atoms with Gasteiger partial charge in [0.1, 0.15) is 16.8 Å². The van der Waals surface area contributed by atoms with Crippen LogP contribution in [-0.2, 0) is 10.0 Å². The largest absolute Gasteiger partial charge is 0.383 e. The van der Waals surface area contributed by atoms with E-state index < -0.39 is 10.0 Å². The monoisotopic (exact) mass is 352 g/mol. The first kappa shape index (κ1) is 14.3. The Labute approximate surface area is 124 Å². The number of nitrogens with one attached hydrogen (secondary N) is 1. The molecule has 0 saturated carbocycles. The summed E-state index contributed by atoms with van der Waals surface area (Å²) in [7, 11) is -3.89. The number of halogens is 1. The van der Waals surface area contributed by atoms with Crippen molar-refractivity contribution in [3.63, 3.8) is 0 Å². The van der Waals surface area contributed by atoms with Gasteiger partial charge in [0.25, 0.3) is 10.0 Å². The van der Waals surface area contributed by atoms with Crippen LogP contribution >= 0.6 is 15.9 Å². The van der Waals surface area contributed by atoms with E-state index in [4.69, 9.17) is 11.0 Å². The van der Waals surface area contributed by atoms with Crippen LogP contribution in [0.4, 0.5) is 11.5 Å². The van der Waals surface area contributed by atoms with Gasteiger partial charge in [0.2, 0.25) is 0 Å². The first-order valence-electron chi connectivity index (χ1n) is 5.37. The summed E-state index contributed by atoms with van der Waals surface area (Å²) in [6, 6.07) is 9.38. The van der Waals surface area contributed by atoms with E-state index >= 15 is 0 Å². The summed E-state index contributed by atoms with van der Waals surface area (Å²) in [6.45, 7) is 0. The summed E-state index contributed by atoms with van der Waals surface area (Å²) in [4.78, 5) is 3.60. The van der Waals surface area contributed by atoms with Crippen molar-refractivity contribution in [1.82, 2.24) is 4.98 Å². The molecule has 0 aliphatic heterocycles. The van der Waals surface area contributed by atoms with Gasteiger partial charge in [-0.05, 0) is 30.3 Å². The molecular weight excluding hydrogens is 344 g/mol. The molecule has 1 heterocycles. The van der Waals surface area contributed by atoms with Gasteiger partial charge in [-0.15, -0.1) is 0 Å². The van der Waals surface area contributed by atoms with Crippen LogP contribution in [0.15, 0.2) is 45.9 Å². The minimum atomic E-state index is -3.89. The van der Waals surface area contributed by atoms with E-state index in [1.54, 1.807) is 6.07 Å². The second kappa shape index (κ2) is 5.48. The van der Waals surface area contributed by atoms with Gasteiger partial charge >= 0.3 is 0 Å². The number of nitrogens with zero attached hydrogens (tertiary/aromatic N) is 2. The molecule has 0 atom stereocenters. The number of rotatable bonds is 3. The topological polar surface area (TPSA) is 109 Å². The third-order valence-corrected chi connectivity index (χ3v) is 4.34. The second-order valence-corrected chi connectivity index (χ2v) is 6.36. The van der Waals surface area contributed by atoms with E-state index in [0.29, 0.717) is 4.47 Å². The Hall–Kier alpha value is -2.11. The van der Waals surface area contributed by atoms with Crippen LogP contribution in [0.2, 0.25) is 0 Å². The minimum Gasteiger partial charge on any atom is -0.383 e. The van der Waals surface area contributed by atoms with Gasteiger partial charge < -0.3 is 5.73 Å². The first-order chi connectivity index (χ1) is 9.44. The molecule has 0 radical (unpaired) electrons. The van der Waals surface area contributed by atoms with E-state index in [-0.39, 0.29) is 22.0 Å². The maximum absolute atomic E-state index is 12.2. The fourth-order valence-corrected chi connectivity index (χ4v) is 3.05. The normalized spacial score (nSPS) is 10.8. The number of aromatic nitrogens is 1. The molecule has 0 aliphatic carbocycles. The lowest BCUT2D eigenvalue weighted by molar-refractivity contribution is 0.601. The van der Waals surface area contributed by atoms with E-state index in [2.05, 4.69) is 25.6 Å². The molecule has 102 valence electrons. The van der Waals surface area contributed by atoms with Crippen molar-refractivity contribution in [2.24, 2.45) is 0 Å². The van der Waals surface area contributed by atoms with Crippen LogP contribution in [0.25, 0.3) is 0 Å². The number of anilines is 2. The highest BCUT2D eigenvalue weighted by Gasteiger charge is 2.19. The van der Waals surface area contributed by atoms with Gasteiger partial charge in [0, 0.05) is 10.7 Å². The van der Waals surface area contributed by atoms with Crippen LogP contribution < -0.4 is 10.5 Å². The maximum atomic E-state index is 12.2. The summed E-state index contributed by atoms with van der Waals surface area (Å²) in [5, 5.41) is 9.02. The molecule has 2 rings (SSSR count). The second-order valence-electron chi connectivity index (χ2n) is 3.79. The van der Waals surface area contributed by atoms with Crippen LogP contribution in [0.5, 0.6) is 0 Å². The Morgan fingerprint density at radius 3 is 2.75 bits per heavy atom. The molecule has 0 fully saturated rings. The average Bonchev–Trinajstić information content (AvgIpc) is 2.41. The van der Waals surface area contributed by atoms with Crippen molar-refractivity contribution in [1.29, 1.82) is 5.26 Å². The van der Waals surface area contributed by atoms with E-state index in [9.17, 15) is 8.42 Å². The van der Waals surface area contributed by atoms with Crippen LogP contribution in [0, 0.1) is 11.3 Å². The van der Waals surface area contributed by atoms with Crippen LogP contribution in [0.1, 0.15) is 5.56 Å². The molecule has 6 nitrogen and oxygen atoms in total. The van der Waals surface area contributed by atoms with Gasteiger partial charge in [0.15, 0.2) is 0 Å². The number of pyridine rings is 1. The Morgan fingerprint density at radius 1 is 1.35 bits per heavy atom. The summed E-state index contributed by atoms with van der Waals surface area (Å²) in [6.07, 6.45) is 1.40. The molecule has 0 saturated heterocycles. The molecule has 0 unspecified atom stereocenters. The highest BCUT2D eigenvalue weighted by Crippen LogP contribution is 2.24. The number of nitrogens with two attached hydrogens (primary N) is 1. The number of hydrogen-bond acceptors (Lipinski definition) is 5. The van der Waals surface area contributed by atoms with E-state index in [1.165, 1.54) is 30.5 Å². The Balaban J connectivity index is 2.45. The number of hydrogen-bond donors (Lipinski definition) is 2. The fourth-order valence-electron chi connectivity index (χ4n) is 1.53. The zero-order valence-corrected chi connectivity index (χ0v) is 12.4. The van der Waals surface area contributed by atoms with Crippen molar-refractivity contribution < 1.29 is 8.42 Å². The number of benzene rings is 1. The molecule has 0 aliphatic rings. The lowest BCUT2D eigenvalue weighted by atomic mass is 10.2. The van der Waals surface area contributed by atoms with Crippen LogP contribution in [-0.4, -0.2) is 13.4 Å². The van der Waals surface area contributed by atoms with E-state index in [1.807, 2.05) is 6.07 Å². The molecule has 1 aromatic heterocycles. The van der Waals surface area contributed by atoms with Crippen molar-refractivity contribution in [2.75, 3.05) is 10.5 Å². The fraction of sp³-hybridized carbons (Fsp3) is 0. The molecule has 8 heteroatoms. The Bertz CT molecular complexity index is 799. The van der Waals surface area contributed by atoms with Crippen molar-refractivity contribution in [3.05, 3.63) is 46.6 Å². The summed E-state index contributed by atoms with van der Waals surface area (Å²) in [5.41, 5.74) is 5.93. The molecular formula is C12H9BrN4O2S. The lowest BCUT2D eigenvalue weighted by Gasteiger charge is -2.10. The van der Waals surface area contributed by atoms with Crippen molar-refractivity contribution >= 4 is 37.5 Å². The first-order valence-corrected chi connectivity index (χ1v) is 7.64. The predicted molar refractivity (Wildman–Crippen MR) is 78.3 cm³/mol. The molecule has 3 N–H and O–H groups in total. The molecule has 2 aromatic rings. The van der Waals surface area contributed by atoms with Gasteiger partial charge in [-0.2, -0.15) is 5.26 Å². The summed E-state index contributed by atoms with van der Waals surface area (Å²) < 4.78 is 27.5. The number of nitrogen functional groups attached to an aromatic ring is 1. The van der Waals surface area contributed by atoms with Gasteiger partial charge in [-0.1, -0.05) is 15.9 Å². The highest BCUT2D eigenvalue weighted by molar-refractivity contribution is 9.10. The minimum absolute atomic E-state index is 0.101. The quantitative estimate of drug-likeness (QED) is 0.878. The zero-order valence-electron chi connectivity index (χ0n) is 10.0. The summed E-state index contributed by atoms with van der Waals surface area (Å²) >= 11 is 3.21. The molecule has 0 bridgehead atoms. The molecule has 20 heavy (non-hydrogen) atoms. The van der Waals surface area contributed by atoms with Crippen LogP contribution in [0.3, 0.4) is 0 Å².